The molecule has 0 aliphatic carbocycles. The maximum atomic E-state index is 10.8. The molecule has 2 rings (SSSR count). The van der Waals surface area contributed by atoms with E-state index in [1.807, 2.05) is 0 Å². The van der Waals surface area contributed by atoms with Crippen LogP contribution in [0.3, 0.4) is 0 Å². The molecule has 0 aliphatic heterocycles. The van der Waals surface area contributed by atoms with Gasteiger partial charge >= 0.3 is 0 Å². The van der Waals surface area contributed by atoms with Crippen LogP contribution in [0, 0.1) is 0 Å². The molecule has 3 heteroatoms. The maximum absolute atomic E-state index is 10.8. The molecule has 0 saturated heterocycles. The van der Waals surface area contributed by atoms with Gasteiger partial charge in [0.25, 0.3) is 0 Å². The van der Waals surface area contributed by atoms with E-state index in [4.69, 9.17) is 5.73 Å². The summed E-state index contributed by atoms with van der Waals surface area (Å²) in [6.45, 7) is 8.76. The van der Waals surface area contributed by atoms with E-state index in [1.165, 1.54) is 11.1 Å². The number of unbranched alkanes of at least 4 members (excludes halogenated alkanes) is 4. The van der Waals surface area contributed by atoms with Crippen molar-refractivity contribution < 1.29 is 10.2 Å². The van der Waals surface area contributed by atoms with Gasteiger partial charge in [-0.15, -0.1) is 0 Å². The summed E-state index contributed by atoms with van der Waals surface area (Å²) in [5.41, 5.74) is 13.5. The summed E-state index contributed by atoms with van der Waals surface area (Å²) in [4.78, 5) is 0. The molecule has 0 spiro atoms. The number of hydrogen-bond donors (Lipinski definition) is 3. The van der Waals surface area contributed by atoms with Crippen LogP contribution < -0.4 is 5.73 Å². The van der Waals surface area contributed by atoms with Gasteiger partial charge in [-0.3, -0.25) is 0 Å². The zero-order valence-electron chi connectivity index (χ0n) is 22.3. The summed E-state index contributed by atoms with van der Waals surface area (Å²) in [5, 5.41) is 21.6. The summed E-state index contributed by atoms with van der Waals surface area (Å²) in [6, 6.07) is 8.71. The highest BCUT2D eigenvalue weighted by molar-refractivity contribution is 5.46. The molecule has 0 amide bonds. The van der Waals surface area contributed by atoms with Gasteiger partial charge < -0.3 is 15.9 Å². The van der Waals surface area contributed by atoms with Crippen molar-refractivity contribution in [3.05, 3.63) is 57.6 Å². The lowest BCUT2D eigenvalue weighted by molar-refractivity contribution is 0.458. The molecule has 3 nitrogen and oxygen atoms in total. The lowest BCUT2D eigenvalue weighted by atomic mass is 9.91. The van der Waals surface area contributed by atoms with Crippen molar-refractivity contribution in [1.82, 2.24) is 0 Å². The number of benzene rings is 2. The van der Waals surface area contributed by atoms with Crippen LogP contribution in [-0.4, -0.2) is 16.3 Å². The van der Waals surface area contributed by atoms with E-state index < -0.39 is 0 Å². The first-order chi connectivity index (χ1) is 16.4. The molecular weight excluding hydrogens is 418 g/mol. The minimum Gasteiger partial charge on any atom is -0.507 e. The van der Waals surface area contributed by atoms with Gasteiger partial charge in [-0.1, -0.05) is 77.6 Å². The number of nitrogens with two attached hydrogens (primary N) is 1. The second-order valence-electron chi connectivity index (χ2n) is 10.1. The van der Waals surface area contributed by atoms with Crippen LogP contribution in [0.25, 0.3) is 0 Å². The molecule has 0 bridgehead atoms. The van der Waals surface area contributed by atoms with Crippen LogP contribution in [0.15, 0.2) is 24.3 Å². The molecule has 190 valence electrons. The molecule has 0 heterocycles. The van der Waals surface area contributed by atoms with Crippen molar-refractivity contribution in [2.24, 2.45) is 5.73 Å². The minimum atomic E-state index is 0.00480. The van der Waals surface area contributed by atoms with Gasteiger partial charge in [0.05, 0.1) is 0 Å². The third-order valence-corrected chi connectivity index (χ3v) is 6.85. The largest absolute Gasteiger partial charge is 0.507 e. The predicted molar refractivity (Wildman–Crippen MR) is 146 cm³/mol. The monoisotopic (exact) mass is 467 g/mol. The van der Waals surface area contributed by atoms with E-state index in [-0.39, 0.29) is 6.04 Å². The molecule has 0 unspecified atom stereocenters. The molecule has 34 heavy (non-hydrogen) atoms. The number of phenolic OH excluding ortho intramolecular Hbond substituents is 2. The Morgan fingerprint density at radius 3 is 1.06 bits per heavy atom. The zero-order chi connectivity index (χ0) is 24.9. The first-order valence-electron chi connectivity index (χ1n) is 13.9. The Balaban J connectivity index is 2.23. The van der Waals surface area contributed by atoms with Gasteiger partial charge in [0.15, 0.2) is 0 Å². The Hall–Kier alpha value is -2.00. The lowest BCUT2D eigenvalue weighted by Crippen LogP contribution is -2.26. The van der Waals surface area contributed by atoms with Gasteiger partial charge in [0, 0.05) is 6.04 Å². The summed E-state index contributed by atoms with van der Waals surface area (Å²) < 4.78 is 0. The van der Waals surface area contributed by atoms with Crippen LogP contribution in [0.5, 0.6) is 11.5 Å². The van der Waals surface area contributed by atoms with Crippen LogP contribution in [-0.2, 0) is 38.5 Å². The number of rotatable bonds is 16. The highest BCUT2D eigenvalue weighted by Gasteiger charge is 2.15. The fraction of sp³-hybridized carbons (Fsp3) is 0.613. The first kappa shape index (κ1) is 28.2. The molecule has 2 aromatic carbocycles. The second kappa shape index (κ2) is 15.1. The Bertz CT molecular complexity index is 744. The average Bonchev–Trinajstić information content (AvgIpc) is 2.82. The second-order valence-corrected chi connectivity index (χ2v) is 10.1. The average molecular weight is 468 g/mol. The van der Waals surface area contributed by atoms with Gasteiger partial charge in [0.1, 0.15) is 11.5 Å². The van der Waals surface area contributed by atoms with E-state index in [2.05, 4.69) is 52.0 Å². The predicted octanol–water partition coefficient (Wildman–Crippen LogP) is 7.58. The van der Waals surface area contributed by atoms with Crippen molar-refractivity contribution in [2.45, 2.75) is 124 Å². The Morgan fingerprint density at radius 2 is 0.824 bits per heavy atom. The number of phenols is 2. The van der Waals surface area contributed by atoms with E-state index in [0.29, 0.717) is 11.5 Å². The minimum absolute atomic E-state index is 0.00480. The molecule has 2 aromatic rings. The SMILES string of the molecule is CCCCc1cc(CC(N)Cc2cc(CCCC)c(O)c(CCCC)c2)cc(CCCC)c1O. The first-order valence-corrected chi connectivity index (χ1v) is 13.9. The van der Waals surface area contributed by atoms with Crippen LogP contribution >= 0.6 is 0 Å². The molecule has 0 atom stereocenters. The lowest BCUT2D eigenvalue weighted by Gasteiger charge is -2.18. The fourth-order valence-corrected chi connectivity index (χ4v) is 4.81. The van der Waals surface area contributed by atoms with Crippen molar-refractivity contribution in [2.75, 3.05) is 0 Å². The van der Waals surface area contributed by atoms with Crippen molar-refractivity contribution in [3.63, 3.8) is 0 Å². The molecule has 4 N–H and O–H groups in total. The molecule has 0 fully saturated rings. The van der Waals surface area contributed by atoms with Crippen LogP contribution in [0.2, 0.25) is 0 Å². The third-order valence-electron chi connectivity index (χ3n) is 6.85. The molecule has 0 aliphatic rings. The fourth-order valence-electron chi connectivity index (χ4n) is 4.81. The van der Waals surface area contributed by atoms with Gasteiger partial charge in [-0.25, -0.2) is 0 Å². The van der Waals surface area contributed by atoms with Gasteiger partial charge in [-0.05, 0) is 97.6 Å². The van der Waals surface area contributed by atoms with Crippen molar-refractivity contribution in [1.29, 1.82) is 0 Å². The Morgan fingerprint density at radius 1 is 0.559 bits per heavy atom. The summed E-state index contributed by atoms with van der Waals surface area (Å²) in [5.74, 6) is 0.998. The smallest absolute Gasteiger partial charge is 0.121 e. The maximum Gasteiger partial charge on any atom is 0.121 e. The van der Waals surface area contributed by atoms with Crippen molar-refractivity contribution >= 4 is 0 Å². The molecular formula is C31H49NO2. The summed E-state index contributed by atoms with van der Waals surface area (Å²) in [6.07, 6.45) is 14.1. The molecule has 0 radical (unpaired) electrons. The summed E-state index contributed by atoms with van der Waals surface area (Å²) in [7, 11) is 0. The highest BCUT2D eigenvalue weighted by Crippen LogP contribution is 2.30. The molecule has 0 aromatic heterocycles. The number of aryl methyl sites for hydroxylation is 4. The van der Waals surface area contributed by atoms with Crippen LogP contribution in [0.4, 0.5) is 0 Å². The Labute approximate surface area is 208 Å². The normalized spacial score (nSPS) is 11.5. The van der Waals surface area contributed by atoms with Crippen LogP contribution in [0.1, 0.15) is 112 Å². The number of hydrogen-bond acceptors (Lipinski definition) is 3. The van der Waals surface area contributed by atoms with E-state index in [1.54, 1.807) is 0 Å². The highest BCUT2D eigenvalue weighted by atomic mass is 16.3. The number of aromatic hydroxyl groups is 2. The quantitative estimate of drug-likeness (QED) is 0.238. The Kier molecular flexibility index (Phi) is 12.5. The summed E-state index contributed by atoms with van der Waals surface area (Å²) >= 11 is 0. The van der Waals surface area contributed by atoms with E-state index in [9.17, 15) is 10.2 Å². The topological polar surface area (TPSA) is 66.5 Å². The van der Waals surface area contributed by atoms with Gasteiger partial charge in [-0.2, -0.15) is 0 Å². The third kappa shape index (κ3) is 8.65. The van der Waals surface area contributed by atoms with Crippen molar-refractivity contribution in [3.8, 4) is 11.5 Å². The molecule has 0 saturated carbocycles. The van der Waals surface area contributed by atoms with Gasteiger partial charge in [0.2, 0.25) is 0 Å². The van der Waals surface area contributed by atoms with E-state index in [0.717, 1.165) is 112 Å². The van der Waals surface area contributed by atoms with E-state index >= 15 is 0 Å². The standard InChI is InChI=1S/C31H49NO2/c1-5-9-13-25-17-23(18-26(30(25)33)14-10-6-2)21-29(32)22-24-19-27(15-11-7-3)31(34)28(20-24)16-12-8-4/h17-20,29,33-34H,5-16,21-22,32H2,1-4H3. The zero-order valence-corrected chi connectivity index (χ0v) is 22.3.